The van der Waals surface area contributed by atoms with Gasteiger partial charge in [-0.15, -0.1) is 0 Å². The highest BCUT2D eigenvalue weighted by atomic mass is 16.1. The maximum Gasteiger partial charge on any atom is 0.223 e. The number of rotatable bonds is 3. The lowest BCUT2D eigenvalue weighted by molar-refractivity contribution is -0.128. The van der Waals surface area contributed by atoms with Crippen LogP contribution in [0.25, 0.3) is 10.9 Å². The topological polar surface area (TPSA) is 68.0 Å². The number of hydrogen-bond acceptors (Lipinski definition) is 3. The van der Waals surface area contributed by atoms with Crippen LogP contribution in [0.4, 0.5) is 0 Å². The average molecular weight is 323 g/mol. The summed E-state index contributed by atoms with van der Waals surface area (Å²) in [7, 11) is 0. The van der Waals surface area contributed by atoms with E-state index < -0.39 is 0 Å². The SMILES string of the molecule is NC1C2CCCC1CC(C(=O)NCc1cccc3cccnc13)C2. The first-order chi connectivity index (χ1) is 11.7. The van der Waals surface area contributed by atoms with Crippen LogP contribution in [0.1, 0.15) is 37.7 Å². The van der Waals surface area contributed by atoms with Crippen LogP contribution in [0.5, 0.6) is 0 Å². The number of nitrogens with one attached hydrogen (secondary N) is 1. The molecule has 4 nitrogen and oxygen atoms in total. The quantitative estimate of drug-likeness (QED) is 0.912. The molecule has 1 heterocycles. The highest BCUT2D eigenvalue weighted by Gasteiger charge is 2.40. The van der Waals surface area contributed by atoms with Gasteiger partial charge < -0.3 is 11.1 Å². The molecule has 2 aromatic rings. The van der Waals surface area contributed by atoms with Crippen molar-refractivity contribution in [1.29, 1.82) is 0 Å². The second-order valence-electron chi connectivity index (χ2n) is 7.41. The molecule has 2 bridgehead atoms. The number of benzene rings is 1. The van der Waals surface area contributed by atoms with Crippen LogP contribution in [-0.2, 0) is 11.3 Å². The van der Waals surface area contributed by atoms with E-state index >= 15 is 0 Å². The number of hydrogen-bond donors (Lipinski definition) is 2. The van der Waals surface area contributed by atoms with Gasteiger partial charge in [0.1, 0.15) is 0 Å². The van der Waals surface area contributed by atoms with Crippen LogP contribution in [-0.4, -0.2) is 16.9 Å². The molecule has 3 N–H and O–H groups in total. The van der Waals surface area contributed by atoms with E-state index in [4.69, 9.17) is 5.73 Å². The van der Waals surface area contributed by atoms with E-state index in [-0.39, 0.29) is 11.8 Å². The van der Waals surface area contributed by atoms with Gasteiger partial charge in [-0.3, -0.25) is 9.78 Å². The summed E-state index contributed by atoms with van der Waals surface area (Å²) in [6, 6.07) is 10.4. The van der Waals surface area contributed by atoms with E-state index in [9.17, 15) is 4.79 Å². The van der Waals surface area contributed by atoms with Crippen LogP contribution >= 0.6 is 0 Å². The molecule has 2 atom stereocenters. The predicted octanol–water partition coefficient (Wildman–Crippen LogP) is 3.00. The van der Waals surface area contributed by atoms with E-state index in [1.165, 1.54) is 19.3 Å². The zero-order valence-electron chi connectivity index (χ0n) is 13.9. The van der Waals surface area contributed by atoms with Crippen molar-refractivity contribution >= 4 is 16.8 Å². The van der Waals surface area contributed by atoms with Crippen LogP contribution in [0.15, 0.2) is 36.5 Å². The molecule has 2 aliphatic carbocycles. The highest BCUT2D eigenvalue weighted by Crippen LogP contribution is 2.41. The molecule has 2 fully saturated rings. The minimum Gasteiger partial charge on any atom is -0.352 e. The average Bonchev–Trinajstić information content (AvgIpc) is 2.59. The number of aromatic nitrogens is 1. The largest absolute Gasteiger partial charge is 0.352 e. The number of nitrogens with zero attached hydrogens (tertiary/aromatic N) is 1. The third kappa shape index (κ3) is 2.91. The van der Waals surface area contributed by atoms with Gasteiger partial charge in [0.05, 0.1) is 5.52 Å². The first-order valence-corrected chi connectivity index (χ1v) is 9.08. The number of carbonyl (C=O) groups is 1. The third-order valence-corrected chi connectivity index (χ3v) is 5.95. The van der Waals surface area contributed by atoms with Gasteiger partial charge in [0.25, 0.3) is 0 Å². The first kappa shape index (κ1) is 15.6. The summed E-state index contributed by atoms with van der Waals surface area (Å²) in [6.07, 6.45) is 7.37. The monoisotopic (exact) mass is 323 g/mol. The van der Waals surface area contributed by atoms with Gasteiger partial charge in [-0.05, 0) is 49.1 Å². The van der Waals surface area contributed by atoms with Crippen molar-refractivity contribution in [3.63, 3.8) is 0 Å². The Hall–Kier alpha value is -1.94. The zero-order valence-corrected chi connectivity index (χ0v) is 13.9. The molecule has 126 valence electrons. The number of fused-ring (bicyclic) bond motifs is 3. The second kappa shape index (κ2) is 6.52. The Kier molecular flexibility index (Phi) is 4.23. The maximum atomic E-state index is 12.7. The van der Waals surface area contributed by atoms with Gasteiger partial charge in [-0.2, -0.15) is 0 Å². The summed E-state index contributed by atoms with van der Waals surface area (Å²) in [5, 5.41) is 4.26. The summed E-state index contributed by atoms with van der Waals surface area (Å²) in [4.78, 5) is 17.1. The summed E-state index contributed by atoms with van der Waals surface area (Å²) >= 11 is 0. The number of para-hydroxylation sites is 1. The molecule has 2 saturated carbocycles. The Morgan fingerprint density at radius 2 is 1.92 bits per heavy atom. The van der Waals surface area contributed by atoms with Gasteiger partial charge in [-0.25, -0.2) is 0 Å². The number of amides is 1. The standard InChI is InChI=1S/C20H25N3O/c21-18-14-5-2-6-15(18)11-17(10-14)20(24)23-12-16-7-1-4-13-8-3-9-22-19(13)16/h1,3-4,7-9,14-15,17-18H,2,5-6,10-12,21H2,(H,23,24). The van der Waals surface area contributed by atoms with E-state index in [0.29, 0.717) is 24.4 Å². The maximum absolute atomic E-state index is 12.7. The van der Waals surface area contributed by atoms with Gasteiger partial charge in [0.15, 0.2) is 0 Å². The molecule has 1 amide bonds. The van der Waals surface area contributed by atoms with Crippen molar-refractivity contribution < 1.29 is 4.79 Å². The summed E-state index contributed by atoms with van der Waals surface area (Å²) < 4.78 is 0. The number of nitrogens with two attached hydrogens (primary N) is 1. The zero-order chi connectivity index (χ0) is 16.5. The van der Waals surface area contributed by atoms with E-state index in [1.807, 2.05) is 18.2 Å². The molecule has 2 aliphatic rings. The van der Waals surface area contributed by atoms with Crippen LogP contribution in [0, 0.1) is 17.8 Å². The van der Waals surface area contributed by atoms with Crippen molar-refractivity contribution in [2.24, 2.45) is 23.5 Å². The van der Waals surface area contributed by atoms with E-state index in [0.717, 1.165) is 29.3 Å². The minimum absolute atomic E-state index is 0.128. The molecule has 0 spiro atoms. The second-order valence-corrected chi connectivity index (χ2v) is 7.41. The molecule has 0 saturated heterocycles. The van der Waals surface area contributed by atoms with Crippen molar-refractivity contribution in [3.05, 3.63) is 42.1 Å². The lowest BCUT2D eigenvalue weighted by atomic mass is 9.65. The van der Waals surface area contributed by atoms with Gasteiger partial charge >= 0.3 is 0 Å². The van der Waals surface area contributed by atoms with Crippen molar-refractivity contribution in [2.75, 3.05) is 0 Å². The van der Waals surface area contributed by atoms with Crippen LogP contribution < -0.4 is 11.1 Å². The molecule has 1 aromatic carbocycles. The molecule has 1 aromatic heterocycles. The Bertz CT molecular complexity index is 725. The summed E-state index contributed by atoms with van der Waals surface area (Å²) in [6.45, 7) is 0.547. The molecule has 24 heavy (non-hydrogen) atoms. The van der Waals surface area contributed by atoms with Crippen molar-refractivity contribution in [3.8, 4) is 0 Å². The molecule has 4 rings (SSSR count). The summed E-state index contributed by atoms with van der Waals surface area (Å²) in [5.41, 5.74) is 8.39. The fraction of sp³-hybridized carbons (Fsp3) is 0.500. The lowest BCUT2D eigenvalue weighted by Crippen LogP contribution is -2.49. The molecule has 0 radical (unpaired) electrons. The number of pyridine rings is 1. The minimum atomic E-state index is 0.128. The molecule has 0 aliphatic heterocycles. The van der Waals surface area contributed by atoms with Gasteiger partial charge in [0, 0.05) is 30.1 Å². The molecular formula is C20H25N3O. The first-order valence-electron chi connectivity index (χ1n) is 9.08. The van der Waals surface area contributed by atoms with Gasteiger partial charge in [-0.1, -0.05) is 30.7 Å². The highest BCUT2D eigenvalue weighted by molar-refractivity contribution is 5.83. The number of carbonyl (C=O) groups excluding carboxylic acids is 1. The Morgan fingerprint density at radius 3 is 2.71 bits per heavy atom. The smallest absolute Gasteiger partial charge is 0.223 e. The van der Waals surface area contributed by atoms with E-state index in [1.54, 1.807) is 6.20 Å². The fourth-order valence-corrected chi connectivity index (χ4v) is 4.64. The molecule has 4 heteroatoms. The van der Waals surface area contributed by atoms with Crippen molar-refractivity contribution in [1.82, 2.24) is 10.3 Å². The van der Waals surface area contributed by atoms with E-state index in [2.05, 4.69) is 22.4 Å². The van der Waals surface area contributed by atoms with Crippen LogP contribution in [0.2, 0.25) is 0 Å². The normalized spacial score (nSPS) is 29.4. The molecule has 2 unspecified atom stereocenters. The lowest BCUT2D eigenvalue weighted by Gasteiger charge is -2.43. The van der Waals surface area contributed by atoms with Crippen molar-refractivity contribution in [2.45, 2.75) is 44.7 Å². The Morgan fingerprint density at radius 1 is 1.17 bits per heavy atom. The Balaban J connectivity index is 1.43. The third-order valence-electron chi connectivity index (χ3n) is 5.95. The molecular weight excluding hydrogens is 298 g/mol. The predicted molar refractivity (Wildman–Crippen MR) is 95.1 cm³/mol. The van der Waals surface area contributed by atoms with Gasteiger partial charge in [0.2, 0.25) is 5.91 Å². The fourth-order valence-electron chi connectivity index (χ4n) is 4.64. The van der Waals surface area contributed by atoms with Crippen LogP contribution in [0.3, 0.4) is 0 Å². The summed E-state index contributed by atoms with van der Waals surface area (Å²) in [5.74, 6) is 1.38. The Labute approximate surface area is 142 Å².